The maximum Gasteiger partial charge on any atom is 0.169 e. The number of nitriles is 1. The summed E-state index contributed by atoms with van der Waals surface area (Å²) in [7, 11) is 1.60. The van der Waals surface area contributed by atoms with E-state index in [2.05, 4.69) is 36.3 Å². The highest BCUT2D eigenvalue weighted by molar-refractivity contribution is 5.84. The fourth-order valence-electron chi connectivity index (χ4n) is 5.28. The average Bonchev–Trinajstić information content (AvgIpc) is 3.37. The number of piperidine rings is 1. The fraction of sp³-hybridized carbons (Fsp3) is 0.344. The van der Waals surface area contributed by atoms with Gasteiger partial charge in [0.05, 0.1) is 24.8 Å². The van der Waals surface area contributed by atoms with Gasteiger partial charge in [-0.3, -0.25) is 0 Å². The van der Waals surface area contributed by atoms with Crippen LogP contribution in [0, 0.1) is 17.2 Å². The molecule has 1 unspecified atom stereocenters. The van der Waals surface area contributed by atoms with Gasteiger partial charge in [0.15, 0.2) is 11.5 Å². The Morgan fingerprint density at radius 2 is 2.03 bits per heavy atom. The van der Waals surface area contributed by atoms with Crippen LogP contribution in [0.1, 0.15) is 61.5 Å². The van der Waals surface area contributed by atoms with Crippen LogP contribution in [0.4, 0.5) is 5.69 Å². The van der Waals surface area contributed by atoms with Gasteiger partial charge >= 0.3 is 0 Å². The number of rotatable bonds is 10. The average molecular weight is 497 g/mol. The molecule has 5 nitrogen and oxygen atoms in total. The zero-order valence-electron chi connectivity index (χ0n) is 21.9. The summed E-state index contributed by atoms with van der Waals surface area (Å²) in [6.45, 7) is 11.8. The molecule has 0 spiro atoms. The summed E-state index contributed by atoms with van der Waals surface area (Å²) in [5, 5.41) is 21.3. The molecule has 1 atom stereocenters. The molecule has 1 aromatic heterocycles. The van der Waals surface area contributed by atoms with Crippen LogP contribution in [0.3, 0.4) is 0 Å². The molecule has 2 heterocycles. The van der Waals surface area contributed by atoms with Crippen molar-refractivity contribution < 1.29 is 14.3 Å². The van der Waals surface area contributed by atoms with E-state index >= 15 is 0 Å². The molecule has 3 aromatic rings. The topological polar surface area (TPSA) is 69.6 Å². The van der Waals surface area contributed by atoms with E-state index in [1.54, 1.807) is 19.3 Å². The summed E-state index contributed by atoms with van der Waals surface area (Å²) in [6.07, 6.45) is 8.25. The second-order valence-electron chi connectivity index (χ2n) is 9.70. The molecule has 1 aliphatic rings. The Balaban J connectivity index is 1.30. The summed E-state index contributed by atoms with van der Waals surface area (Å²) in [6, 6.07) is 16.0. The van der Waals surface area contributed by atoms with Gasteiger partial charge in [-0.05, 0) is 85.2 Å². The first-order valence-corrected chi connectivity index (χ1v) is 13.0. The molecular formula is C32H36N2O3. The molecule has 37 heavy (non-hydrogen) atoms. The molecule has 1 saturated heterocycles. The summed E-state index contributed by atoms with van der Waals surface area (Å²) in [5.74, 6) is 1.86. The molecule has 0 aliphatic carbocycles. The van der Waals surface area contributed by atoms with Crippen molar-refractivity contribution in [1.29, 1.82) is 5.26 Å². The number of aliphatic hydroxyl groups excluding tert-OH is 1. The quantitative estimate of drug-likeness (QED) is 0.296. The Kier molecular flexibility index (Phi) is 8.53. The number of benzene rings is 2. The molecule has 0 bridgehead atoms. The highest BCUT2D eigenvalue weighted by Crippen LogP contribution is 2.32. The molecule has 1 fully saturated rings. The molecule has 0 amide bonds. The third kappa shape index (κ3) is 5.98. The van der Waals surface area contributed by atoms with Gasteiger partial charge in [0.2, 0.25) is 0 Å². The van der Waals surface area contributed by atoms with Crippen molar-refractivity contribution in [2.45, 2.75) is 45.1 Å². The fourth-order valence-corrected chi connectivity index (χ4v) is 5.28. The number of hydrogen-bond acceptors (Lipinski definition) is 5. The highest BCUT2D eigenvalue weighted by atomic mass is 16.5. The largest absolute Gasteiger partial charge is 0.493 e. The van der Waals surface area contributed by atoms with Crippen LogP contribution in [0.5, 0.6) is 0 Å². The van der Waals surface area contributed by atoms with Crippen molar-refractivity contribution in [2.75, 3.05) is 25.1 Å². The number of anilines is 1. The summed E-state index contributed by atoms with van der Waals surface area (Å²) >= 11 is 0. The van der Waals surface area contributed by atoms with E-state index in [9.17, 15) is 10.4 Å². The number of ether oxygens (including phenoxy) is 1. The second kappa shape index (κ2) is 12.0. The molecular weight excluding hydrogens is 460 g/mol. The highest BCUT2D eigenvalue weighted by Gasteiger charge is 2.21. The van der Waals surface area contributed by atoms with Crippen LogP contribution < -0.4 is 4.90 Å². The lowest BCUT2D eigenvalue weighted by Gasteiger charge is -2.34. The molecule has 1 N–H and O–H groups in total. The minimum Gasteiger partial charge on any atom is -0.493 e. The number of furan rings is 1. The monoisotopic (exact) mass is 496 g/mol. The van der Waals surface area contributed by atoms with Crippen molar-refractivity contribution >= 4 is 34.1 Å². The molecule has 0 radical (unpaired) electrons. The third-order valence-corrected chi connectivity index (χ3v) is 7.47. The third-order valence-electron chi connectivity index (χ3n) is 7.47. The maximum atomic E-state index is 11.0. The lowest BCUT2D eigenvalue weighted by atomic mass is 9.88. The molecule has 192 valence electrons. The lowest BCUT2D eigenvalue weighted by Crippen LogP contribution is -2.33. The standard InChI is InChI=1S/C32H36N2O3/c1-5-25-11-10-24(21-33)18-29(25)28(6-2)30(35)9-7-8-23-14-16-34(17-15-23)27-12-13-31-26(19-27)20-32(37-31)22(3)36-4/h5-6,10-13,18-20,23,30,35H,1,3,7-9,14-17H2,2,4H3/b28-6+. The Labute approximate surface area is 220 Å². The van der Waals surface area contributed by atoms with Crippen LogP contribution in [0.25, 0.3) is 28.4 Å². The van der Waals surface area contributed by atoms with Gasteiger partial charge in [-0.1, -0.05) is 44.2 Å². The molecule has 0 saturated carbocycles. The van der Waals surface area contributed by atoms with Gasteiger partial charge in [-0.15, -0.1) is 0 Å². The Morgan fingerprint density at radius 1 is 1.24 bits per heavy atom. The summed E-state index contributed by atoms with van der Waals surface area (Å²) < 4.78 is 11.0. The zero-order chi connectivity index (χ0) is 26.4. The zero-order valence-corrected chi connectivity index (χ0v) is 21.9. The van der Waals surface area contributed by atoms with E-state index in [1.807, 2.05) is 37.3 Å². The number of fused-ring (bicyclic) bond motifs is 1. The summed E-state index contributed by atoms with van der Waals surface area (Å²) in [5.41, 5.74) is 5.34. The van der Waals surface area contributed by atoms with E-state index < -0.39 is 6.10 Å². The number of allylic oxidation sites excluding steroid dienone is 1. The Hall–Kier alpha value is -3.75. The lowest BCUT2D eigenvalue weighted by molar-refractivity contribution is 0.212. The first kappa shape index (κ1) is 26.3. The first-order valence-electron chi connectivity index (χ1n) is 13.0. The van der Waals surface area contributed by atoms with E-state index in [0.29, 0.717) is 29.4 Å². The number of nitrogens with zero attached hydrogens (tertiary/aromatic N) is 2. The van der Waals surface area contributed by atoms with Gasteiger partial charge < -0.3 is 19.2 Å². The summed E-state index contributed by atoms with van der Waals surface area (Å²) in [4.78, 5) is 2.44. The maximum absolute atomic E-state index is 11.0. The van der Waals surface area contributed by atoms with Crippen LogP contribution in [-0.2, 0) is 4.74 Å². The van der Waals surface area contributed by atoms with Crippen molar-refractivity contribution in [1.82, 2.24) is 0 Å². The second-order valence-corrected chi connectivity index (χ2v) is 9.70. The number of methoxy groups -OCH3 is 1. The van der Waals surface area contributed by atoms with Gasteiger partial charge in [-0.2, -0.15) is 5.26 Å². The minimum atomic E-state index is -0.557. The van der Waals surface area contributed by atoms with E-state index in [1.165, 1.54) is 5.69 Å². The van der Waals surface area contributed by atoms with Crippen molar-refractivity contribution in [3.05, 3.63) is 84.1 Å². The number of hydrogen-bond donors (Lipinski definition) is 1. The van der Waals surface area contributed by atoms with E-state index in [0.717, 1.165) is 66.4 Å². The molecule has 4 rings (SSSR count). The van der Waals surface area contributed by atoms with Gasteiger partial charge in [0.1, 0.15) is 5.58 Å². The van der Waals surface area contributed by atoms with Crippen molar-refractivity contribution in [3.63, 3.8) is 0 Å². The van der Waals surface area contributed by atoms with Crippen LogP contribution in [-0.4, -0.2) is 31.4 Å². The molecule has 5 heteroatoms. The molecule has 1 aliphatic heterocycles. The van der Waals surface area contributed by atoms with Crippen molar-refractivity contribution in [3.8, 4) is 6.07 Å². The Morgan fingerprint density at radius 3 is 2.70 bits per heavy atom. The minimum absolute atomic E-state index is 0.530. The number of aliphatic hydroxyl groups is 1. The van der Waals surface area contributed by atoms with Crippen molar-refractivity contribution in [2.24, 2.45) is 5.92 Å². The van der Waals surface area contributed by atoms with Crippen LogP contribution in [0.15, 0.2) is 66.1 Å². The van der Waals surface area contributed by atoms with Gasteiger partial charge in [-0.25, -0.2) is 0 Å². The van der Waals surface area contributed by atoms with Gasteiger partial charge in [0.25, 0.3) is 0 Å². The van der Waals surface area contributed by atoms with Crippen LogP contribution >= 0.6 is 0 Å². The Bertz CT molecular complexity index is 1340. The first-order chi connectivity index (χ1) is 18.0. The van der Waals surface area contributed by atoms with E-state index in [4.69, 9.17) is 9.15 Å². The molecule has 2 aromatic carbocycles. The van der Waals surface area contributed by atoms with E-state index in [-0.39, 0.29) is 0 Å². The van der Waals surface area contributed by atoms with Crippen LogP contribution in [0.2, 0.25) is 0 Å². The normalized spacial score (nSPS) is 15.4. The SMILES string of the molecule is C=Cc1ccc(C#N)cc1/C(=C\C)C(O)CCCC1CCN(c2ccc3oc(C(=C)OC)cc3c2)CC1. The van der Waals surface area contributed by atoms with Gasteiger partial charge in [0, 0.05) is 24.2 Å². The predicted molar refractivity (Wildman–Crippen MR) is 152 cm³/mol. The smallest absolute Gasteiger partial charge is 0.169 e. The predicted octanol–water partition coefficient (Wildman–Crippen LogP) is 7.42.